The van der Waals surface area contributed by atoms with Gasteiger partial charge in [0.05, 0.1) is 0 Å². The molecular weight excluding hydrogens is 200 g/mol. The summed E-state index contributed by atoms with van der Waals surface area (Å²) < 4.78 is 42.2. The van der Waals surface area contributed by atoms with Crippen LogP contribution in [-0.4, -0.2) is 18.7 Å². The van der Waals surface area contributed by atoms with E-state index in [1.54, 1.807) is 18.2 Å². The van der Waals surface area contributed by atoms with E-state index in [0.717, 1.165) is 0 Å². The van der Waals surface area contributed by atoms with Crippen molar-refractivity contribution in [3.05, 3.63) is 30.3 Å². The van der Waals surface area contributed by atoms with E-state index < -0.39 is 13.7 Å². The van der Waals surface area contributed by atoms with E-state index in [2.05, 4.69) is 9.31 Å². The molecule has 0 aromatic heterocycles. The highest BCUT2D eigenvalue weighted by atomic mass is 19.4. The predicted molar refractivity (Wildman–Crippen MR) is 42.2 cm³/mol. The standard InChI is InChI=1S/C7H6BF3O3/c9-7(10,11)14-8(12)13-6-4-2-1-3-5-6/h1-5,12H. The van der Waals surface area contributed by atoms with Crippen molar-refractivity contribution in [3.8, 4) is 5.75 Å². The van der Waals surface area contributed by atoms with Crippen molar-refractivity contribution in [3.63, 3.8) is 0 Å². The van der Waals surface area contributed by atoms with E-state index in [-0.39, 0.29) is 5.75 Å². The lowest BCUT2D eigenvalue weighted by atomic mass is 10.2. The van der Waals surface area contributed by atoms with E-state index in [1.807, 2.05) is 0 Å². The van der Waals surface area contributed by atoms with Gasteiger partial charge in [-0.15, -0.1) is 13.2 Å². The molecule has 0 aliphatic carbocycles. The topological polar surface area (TPSA) is 38.7 Å². The van der Waals surface area contributed by atoms with Crippen LogP contribution in [0.25, 0.3) is 0 Å². The van der Waals surface area contributed by atoms with Gasteiger partial charge in [-0.05, 0) is 12.1 Å². The second-order valence-electron chi connectivity index (χ2n) is 2.30. The zero-order valence-electron chi connectivity index (χ0n) is 6.86. The smallest absolute Gasteiger partial charge is 0.512 e. The van der Waals surface area contributed by atoms with E-state index in [4.69, 9.17) is 5.02 Å². The first kappa shape index (κ1) is 10.9. The monoisotopic (exact) mass is 206 g/mol. The molecule has 0 fully saturated rings. The Morgan fingerprint density at radius 2 is 1.71 bits per heavy atom. The highest BCUT2D eigenvalue weighted by Gasteiger charge is 2.38. The van der Waals surface area contributed by atoms with Crippen LogP contribution in [-0.2, 0) is 4.65 Å². The molecule has 1 N–H and O–H groups in total. The minimum Gasteiger partial charge on any atom is -0.512 e. The van der Waals surface area contributed by atoms with Crippen molar-refractivity contribution in [2.24, 2.45) is 0 Å². The van der Waals surface area contributed by atoms with Crippen molar-refractivity contribution < 1.29 is 27.5 Å². The zero-order chi connectivity index (χ0) is 10.6. The number of para-hydroxylation sites is 1. The molecular formula is C7H6BF3O3. The molecule has 14 heavy (non-hydrogen) atoms. The lowest BCUT2D eigenvalue weighted by molar-refractivity contribution is -0.288. The van der Waals surface area contributed by atoms with Gasteiger partial charge in [0.25, 0.3) is 0 Å². The molecule has 7 heteroatoms. The molecule has 0 saturated heterocycles. The largest absolute Gasteiger partial charge is 0.716 e. The molecule has 1 aromatic carbocycles. The Kier molecular flexibility index (Phi) is 3.37. The first-order chi connectivity index (χ1) is 6.47. The van der Waals surface area contributed by atoms with E-state index >= 15 is 0 Å². The van der Waals surface area contributed by atoms with Crippen LogP contribution >= 0.6 is 0 Å². The van der Waals surface area contributed by atoms with Crippen LogP contribution in [0.2, 0.25) is 0 Å². The third-order valence-electron chi connectivity index (χ3n) is 1.21. The highest BCUT2D eigenvalue weighted by Crippen LogP contribution is 2.18. The van der Waals surface area contributed by atoms with E-state index in [0.29, 0.717) is 0 Å². The number of halogens is 3. The Hall–Kier alpha value is -1.21. The molecule has 0 aliphatic heterocycles. The van der Waals surface area contributed by atoms with Crippen molar-refractivity contribution in [2.75, 3.05) is 0 Å². The Labute approximate surface area is 78.2 Å². The lowest BCUT2D eigenvalue weighted by Gasteiger charge is -2.11. The number of benzene rings is 1. The van der Waals surface area contributed by atoms with Crippen LogP contribution in [0, 0.1) is 0 Å². The average molecular weight is 206 g/mol. The number of hydrogen-bond donors (Lipinski definition) is 1. The molecule has 0 unspecified atom stereocenters. The maximum atomic E-state index is 11.5. The van der Waals surface area contributed by atoms with Gasteiger partial charge < -0.3 is 9.68 Å². The summed E-state index contributed by atoms with van der Waals surface area (Å²) in [6.07, 6.45) is -4.92. The van der Waals surface area contributed by atoms with Crippen molar-refractivity contribution >= 4 is 7.32 Å². The maximum Gasteiger partial charge on any atom is 0.716 e. The van der Waals surface area contributed by atoms with Crippen LogP contribution in [0.1, 0.15) is 0 Å². The second-order valence-corrected chi connectivity index (χ2v) is 2.30. The minimum absolute atomic E-state index is 0.0873. The Morgan fingerprint density at radius 1 is 1.14 bits per heavy atom. The van der Waals surface area contributed by atoms with Gasteiger partial charge in [-0.1, -0.05) is 18.2 Å². The summed E-state index contributed by atoms with van der Waals surface area (Å²) in [5.41, 5.74) is 0. The highest BCUT2D eigenvalue weighted by molar-refractivity contribution is 6.35. The first-order valence-corrected chi connectivity index (χ1v) is 3.62. The fraction of sp³-hybridized carbons (Fsp3) is 0.143. The minimum atomic E-state index is -4.92. The molecule has 0 amide bonds. The Morgan fingerprint density at radius 3 is 2.21 bits per heavy atom. The third-order valence-corrected chi connectivity index (χ3v) is 1.21. The predicted octanol–water partition coefficient (Wildman–Crippen LogP) is 1.58. The fourth-order valence-corrected chi connectivity index (χ4v) is 0.754. The van der Waals surface area contributed by atoms with Gasteiger partial charge in [0.15, 0.2) is 0 Å². The van der Waals surface area contributed by atoms with Gasteiger partial charge in [0, 0.05) is 0 Å². The SMILES string of the molecule is OB(Oc1ccccc1)OC(F)(F)F. The molecule has 1 aromatic rings. The second kappa shape index (κ2) is 4.34. The van der Waals surface area contributed by atoms with Crippen LogP contribution < -0.4 is 4.65 Å². The summed E-state index contributed by atoms with van der Waals surface area (Å²) >= 11 is 0. The number of alkyl halides is 3. The molecule has 0 saturated carbocycles. The summed E-state index contributed by atoms with van der Waals surface area (Å²) in [6, 6.07) is 7.54. The number of rotatable bonds is 3. The maximum absolute atomic E-state index is 11.5. The van der Waals surface area contributed by atoms with Crippen LogP contribution in [0.3, 0.4) is 0 Å². The molecule has 3 nitrogen and oxygen atoms in total. The van der Waals surface area contributed by atoms with Gasteiger partial charge in [0.2, 0.25) is 0 Å². The number of hydrogen-bond acceptors (Lipinski definition) is 3. The normalized spacial score (nSPS) is 11.1. The summed E-state index contributed by atoms with van der Waals surface area (Å²) in [4.78, 5) is 0. The van der Waals surface area contributed by atoms with Gasteiger partial charge in [-0.3, -0.25) is 4.65 Å². The summed E-state index contributed by atoms with van der Waals surface area (Å²) in [5.74, 6) is 0.0873. The van der Waals surface area contributed by atoms with Crippen molar-refractivity contribution in [1.29, 1.82) is 0 Å². The third kappa shape index (κ3) is 4.15. The molecule has 0 aliphatic rings. The van der Waals surface area contributed by atoms with Gasteiger partial charge in [-0.2, -0.15) is 0 Å². The van der Waals surface area contributed by atoms with E-state index in [9.17, 15) is 13.2 Å². The molecule has 1 rings (SSSR count). The van der Waals surface area contributed by atoms with Gasteiger partial charge in [0.1, 0.15) is 5.75 Å². The molecule has 0 bridgehead atoms. The van der Waals surface area contributed by atoms with Crippen molar-refractivity contribution in [1.82, 2.24) is 0 Å². The van der Waals surface area contributed by atoms with Crippen LogP contribution in [0.15, 0.2) is 30.3 Å². The molecule has 76 valence electrons. The van der Waals surface area contributed by atoms with Gasteiger partial charge >= 0.3 is 13.7 Å². The quantitative estimate of drug-likeness (QED) is 0.762. The molecule has 0 radical (unpaired) electrons. The molecule has 0 heterocycles. The average Bonchev–Trinajstić information content (AvgIpc) is 2.02. The summed E-state index contributed by atoms with van der Waals surface area (Å²) in [6.45, 7) is 0. The molecule has 0 spiro atoms. The Balaban J connectivity index is 2.46. The summed E-state index contributed by atoms with van der Waals surface area (Å²) in [5, 5.41) is 8.67. The summed E-state index contributed by atoms with van der Waals surface area (Å²) in [7, 11) is -2.35. The van der Waals surface area contributed by atoms with Crippen molar-refractivity contribution in [2.45, 2.75) is 6.36 Å². The zero-order valence-corrected chi connectivity index (χ0v) is 6.86. The lowest BCUT2D eigenvalue weighted by Crippen LogP contribution is -2.33. The van der Waals surface area contributed by atoms with Crippen LogP contribution in [0.5, 0.6) is 5.75 Å². The van der Waals surface area contributed by atoms with Gasteiger partial charge in [-0.25, -0.2) is 0 Å². The first-order valence-electron chi connectivity index (χ1n) is 3.62. The van der Waals surface area contributed by atoms with Crippen LogP contribution in [0.4, 0.5) is 13.2 Å². The van der Waals surface area contributed by atoms with E-state index in [1.165, 1.54) is 12.1 Å². The Bertz CT molecular complexity index is 277. The fourth-order valence-electron chi connectivity index (χ4n) is 0.754. The molecule has 0 atom stereocenters.